The zero-order chi connectivity index (χ0) is 15.2. The summed E-state index contributed by atoms with van der Waals surface area (Å²) >= 11 is 5.80. The van der Waals surface area contributed by atoms with Gasteiger partial charge in [0.25, 0.3) is 0 Å². The lowest BCUT2D eigenvalue weighted by Gasteiger charge is -2.09. The maximum Gasteiger partial charge on any atom is 0.573 e. The summed E-state index contributed by atoms with van der Waals surface area (Å²) in [5.74, 6) is 4.91. The predicted molar refractivity (Wildman–Crippen MR) is 68.3 cm³/mol. The van der Waals surface area contributed by atoms with Gasteiger partial charge in [0.2, 0.25) is 5.91 Å². The van der Waals surface area contributed by atoms with E-state index in [0.717, 1.165) is 12.1 Å². The van der Waals surface area contributed by atoms with Crippen LogP contribution in [0.25, 0.3) is 0 Å². The lowest BCUT2D eigenvalue weighted by Crippen LogP contribution is -2.20. The smallest absolute Gasteiger partial charge is 0.406 e. The normalized spacial score (nSPS) is 10.4. The minimum atomic E-state index is -4.76. The van der Waals surface area contributed by atoms with Crippen LogP contribution in [-0.4, -0.2) is 18.8 Å². The average molecular weight is 306 g/mol. The first-order chi connectivity index (χ1) is 9.28. The molecule has 0 spiro atoms. The van der Waals surface area contributed by atoms with Crippen molar-refractivity contribution < 1.29 is 22.7 Å². The summed E-state index contributed by atoms with van der Waals surface area (Å²) in [6.45, 7) is 1.79. The number of halogens is 4. The van der Waals surface area contributed by atoms with Crippen molar-refractivity contribution in [3.05, 3.63) is 28.8 Å². The monoisotopic (exact) mass is 305 g/mol. The molecule has 0 saturated carbocycles. The fourth-order valence-corrected chi connectivity index (χ4v) is 1.47. The number of benzene rings is 1. The van der Waals surface area contributed by atoms with Gasteiger partial charge >= 0.3 is 6.36 Å². The van der Waals surface area contributed by atoms with Crippen LogP contribution in [0.3, 0.4) is 0 Å². The number of hydrogen-bond donors (Lipinski definition) is 1. The van der Waals surface area contributed by atoms with Gasteiger partial charge in [-0.25, -0.2) is 0 Å². The Bertz CT molecular complexity index is 547. The van der Waals surface area contributed by atoms with Gasteiger partial charge in [0.05, 0.1) is 5.02 Å². The van der Waals surface area contributed by atoms with E-state index in [-0.39, 0.29) is 10.9 Å². The van der Waals surface area contributed by atoms with E-state index in [4.69, 9.17) is 11.6 Å². The molecule has 0 aromatic heterocycles. The molecule has 0 atom stereocenters. The molecular weight excluding hydrogens is 295 g/mol. The first kappa shape index (κ1) is 16.2. The summed E-state index contributed by atoms with van der Waals surface area (Å²) in [4.78, 5) is 10.6. The molecule has 20 heavy (non-hydrogen) atoms. The number of ether oxygens (including phenoxy) is 1. The number of alkyl halides is 3. The zero-order valence-electron chi connectivity index (χ0n) is 10.5. The number of rotatable bonds is 3. The zero-order valence-corrected chi connectivity index (χ0v) is 11.2. The predicted octanol–water partition coefficient (Wildman–Crippen LogP) is 3.12. The van der Waals surface area contributed by atoms with Crippen molar-refractivity contribution >= 4 is 17.5 Å². The second kappa shape index (κ2) is 7.06. The Morgan fingerprint density at radius 2 is 2.15 bits per heavy atom. The second-order valence-electron chi connectivity index (χ2n) is 3.72. The number of nitrogens with one attached hydrogen (secondary N) is 1. The maximum atomic E-state index is 12.0. The van der Waals surface area contributed by atoms with Gasteiger partial charge in [-0.1, -0.05) is 23.4 Å². The van der Waals surface area contributed by atoms with Gasteiger partial charge in [0.1, 0.15) is 5.75 Å². The summed E-state index contributed by atoms with van der Waals surface area (Å²) in [6, 6.07) is 3.53. The molecule has 1 aromatic rings. The van der Waals surface area contributed by atoms with Crippen LogP contribution < -0.4 is 10.1 Å². The Kier molecular flexibility index (Phi) is 5.71. The molecule has 0 aliphatic carbocycles. The fourth-order valence-electron chi connectivity index (χ4n) is 1.25. The molecule has 0 fully saturated rings. The highest BCUT2D eigenvalue weighted by Gasteiger charge is 2.31. The van der Waals surface area contributed by atoms with Crippen molar-refractivity contribution in [3.8, 4) is 17.6 Å². The topological polar surface area (TPSA) is 38.3 Å². The molecule has 7 heteroatoms. The van der Waals surface area contributed by atoms with Crippen molar-refractivity contribution in [1.82, 2.24) is 5.32 Å². The molecule has 0 aliphatic rings. The van der Waals surface area contributed by atoms with Gasteiger partial charge in [-0.3, -0.25) is 4.79 Å². The van der Waals surface area contributed by atoms with Gasteiger partial charge in [0.15, 0.2) is 0 Å². The van der Waals surface area contributed by atoms with Crippen LogP contribution in [0.2, 0.25) is 5.02 Å². The van der Waals surface area contributed by atoms with E-state index in [2.05, 4.69) is 21.9 Å². The highest BCUT2D eigenvalue weighted by Crippen LogP contribution is 2.27. The highest BCUT2D eigenvalue weighted by molar-refractivity contribution is 6.31. The van der Waals surface area contributed by atoms with Crippen LogP contribution >= 0.6 is 11.6 Å². The Balaban J connectivity index is 2.65. The maximum absolute atomic E-state index is 12.0. The molecule has 1 amide bonds. The molecule has 1 aromatic carbocycles. The van der Waals surface area contributed by atoms with Crippen molar-refractivity contribution in [3.63, 3.8) is 0 Å². The SMILES string of the molecule is CC(=O)NCCC#Cc1ccc(OC(F)(F)F)cc1Cl. The Morgan fingerprint density at radius 3 is 2.70 bits per heavy atom. The summed E-state index contributed by atoms with van der Waals surface area (Å²) in [5.41, 5.74) is 0.393. The minimum Gasteiger partial charge on any atom is -0.406 e. The quantitative estimate of drug-likeness (QED) is 0.688. The molecule has 0 aliphatic heterocycles. The molecule has 3 nitrogen and oxygen atoms in total. The molecule has 1 N–H and O–H groups in total. The van der Waals surface area contributed by atoms with E-state index in [1.165, 1.54) is 13.0 Å². The molecule has 0 unspecified atom stereocenters. The van der Waals surface area contributed by atoms with Crippen LogP contribution in [0.15, 0.2) is 18.2 Å². The number of carbonyl (C=O) groups excluding carboxylic acids is 1. The largest absolute Gasteiger partial charge is 0.573 e. The molecule has 0 bridgehead atoms. The van der Waals surface area contributed by atoms with Crippen LogP contribution in [0.1, 0.15) is 18.9 Å². The molecule has 108 valence electrons. The van der Waals surface area contributed by atoms with E-state index in [1.54, 1.807) is 0 Å². The minimum absolute atomic E-state index is 0.0683. The molecule has 0 heterocycles. The van der Waals surface area contributed by atoms with E-state index < -0.39 is 12.1 Å². The van der Waals surface area contributed by atoms with Crippen molar-refractivity contribution in [1.29, 1.82) is 0 Å². The van der Waals surface area contributed by atoms with Crippen LogP contribution in [0, 0.1) is 11.8 Å². The summed E-state index contributed by atoms with van der Waals surface area (Å²) in [6.07, 6.45) is -4.34. The van der Waals surface area contributed by atoms with E-state index in [0.29, 0.717) is 18.5 Å². The summed E-state index contributed by atoms with van der Waals surface area (Å²) in [7, 11) is 0. The summed E-state index contributed by atoms with van der Waals surface area (Å²) < 4.78 is 39.7. The van der Waals surface area contributed by atoms with Crippen LogP contribution in [0.4, 0.5) is 13.2 Å². The Morgan fingerprint density at radius 1 is 1.45 bits per heavy atom. The van der Waals surface area contributed by atoms with Gasteiger partial charge in [-0.2, -0.15) is 0 Å². The highest BCUT2D eigenvalue weighted by atomic mass is 35.5. The average Bonchev–Trinajstić information content (AvgIpc) is 2.28. The lowest BCUT2D eigenvalue weighted by atomic mass is 10.2. The van der Waals surface area contributed by atoms with Crippen molar-refractivity contribution in [2.75, 3.05) is 6.54 Å². The molecular formula is C13H11ClF3NO2. The third-order valence-electron chi connectivity index (χ3n) is 2.02. The van der Waals surface area contributed by atoms with E-state index >= 15 is 0 Å². The number of amides is 1. The molecule has 0 saturated heterocycles. The fraction of sp³-hybridized carbons (Fsp3) is 0.308. The van der Waals surface area contributed by atoms with Gasteiger partial charge in [-0.05, 0) is 12.1 Å². The molecule has 1 rings (SSSR count). The summed E-state index contributed by atoms with van der Waals surface area (Å²) in [5, 5.41) is 2.63. The van der Waals surface area contributed by atoms with E-state index in [1.807, 2.05) is 0 Å². The van der Waals surface area contributed by atoms with Crippen LogP contribution in [0.5, 0.6) is 5.75 Å². The lowest BCUT2D eigenvalue weighted by molar-refractivity contribution is -0.274. The number of carbonyl (C=O) groups is 1. The molecule has 0 radical (unpaired) electrons. The first-order valence-corrected chi connectivity index (χ1v) is 5.94. The van der Waals surface area contributed by atoms with E-state index in [9.17, 15) is 18.0 Å². The first-order valence-electron chi connectivity index (χ1n) is 5.56. The van der Waals surface area contributed by atoms with Crippen molar-refractivity contribution in [2.24, 2.45) is 0 Å². The third-order valence-corrected chi connectivity index (χ3v) is 2.33. The van der Waals surface area contributed by atoms with Crippen molar-refractivity contribution in [2.45, 2.75) is 19.7 Å². The van der Waals surface area contributed by atoms with Gasteiger partial charge in [-0.15, -0.1) is 13.2 Å². The Labute approximate surface area is 119 Å². The van der Waals surface area contributed by atoms with Gasteiger partial charge < -0.3 is 10.1 Å². The van der Waals surface area contributed by atoms with Gasteiger partial charge in [0, 0.05) is 31.5 Å². The Hall–Kier alpha value is -1.87. The second-order valence-corrected chi connectivity index (χ2v) is 4.13. The third kappa shape index (κ3) is 6.34. The van der Waals surface area contributed by atoms with Crippen LogP contribution in [-0.2, 0) is 4.79 Å². The number of hydrogen-bond acceptors (Lipinski definition) is 2. The standard InChI is InChI=1S/C13H11ClF3NO2/c1-9(19)18-7-3-2-4-10-5-6-11(8-12(10)14)20-13(15,16)17/h5-6,8H,3,7H2,1H3,(H,18,19).